The maximum atomic E-state index is 12.5. The molecule has 0 saturated carbocycles. The van der Waals surface area contributed by atoms with Gasteiger partial charge in [-0.2, -0.15) is 5.26 Å². The zero-order valence-corrected chi connectivity index (χ0v) is 19.1. The number of para-hydroxylation sites is 2. The van der Waals surface area contributed by atoms with E-state index >= 15 is 0 Å². The van der Waals surface area contributed by atoms with E-state index in [1.54, 1.807) is 49.4 Å². The first-order chi connectivity index (χ1) is 15.8. The highest BCUT2D eigenvalue weighted by atomic mass is 32.2. The van der Waals surface area contributed by atoms with E-state index < -0.39 is 10.0 Å². The van der Waals surface area contributed by atoms with Crippen LogP contribution < -0.4 is 14.9 Å². The number of fused-ring (bicyclic) bond motifs is 1. The highest BCUT2D eigenvalue weighted by Crippen LogP contribution is 2.33. The molecule has 10 nitrogen and oxygen atoms in total. The molecule has 0 fully saturated rings. The number of aryl methyl sites for hydroxylation is 1. The van der Waals surface area contributed by atoms with E-state index in [0.29, 0.717) is 45.7 Å². The number of imidazole rings is 1. The third-order valence-corrected chi connectivity index (χ3v) is 6.75. The standard InChI is InChI=1S/C22H22N8O2S/c1-4-33(31,32)30(3)18-10-6-5-9-16(18)27-17-12-20(29-22-21(17)24-14(2)25-22)28-19-11-7-8-15(13-23)26-19/h5-12H,4H2,1-3H3,(H3,24,25,26,27,28,29). The van der Waals surface area contributed by atoms with Gasteiger partial charge in [-0.3, -0.25) is 4.31 Å². The minimum absolute atomic E-state index is 0.0152. The molecule has 0 unspecified atom stereocenters. The highest BCUT2D eigenvalue weighted by Gasteiger charge is 2.20. The van der Waals surface area contributed by atoms with Gasteiger partial charge in [0.2, 0.25) is 10.0 Å². The molecule has 0 spiro atoms. The molecule has 0 atom stereocenters. The summed E-state index contributed by atoms with van der Waals surface area (Å²) in [6.07, 6.45) is 0. The summed E-state index contributed by atoms with van der Waals surface area (Å²) in [5.74, 6) is 1.61. The molecule has 0 aliphatic carbocycles. The molecule has 0 radical (unpaired) electrons. The second-order valence-corrected chi connectivity index (χ2v) is 9.52. The molecule has 0 aliphatic rings. The van der Waals surface area contributed by atoms with Gasteiger partial charge in [0.25, 0.3) is 0 Å². The Morgan fingerprint density at radius 1 is 1.03 bits per heavy atom. The van der Waals surface area contributed by atoms with Crippen LogP contribution in [0, 0.1) is 18.3 Å². The summed E-state index contributed by atoms with van der Waals surface area (Å²) in [5, 5.41) is 15.5. The van der Waals surface area contributed by atoms with Crippen LogP contribution in [-0.4, -0.2) is 41.2 Å². The average Bonchev–Trinajstić information content (AvgIpc) is 3.19. The Morgan fingerprint density at radius 3 is 2.58 bits per heavy atom. The lowest BCUT2D eigenvalue weighted by Gasteiger charge is -2.22. The fraction of sp³-hybridized carbons (Fsp3) is 0.182. The van der Waals surface area contributed by atoms with Gasteiger partial charge in [-0.05, 0) is 38.1 Å². The molecule has 0 bridgehead atoms. The number of nitriles is 1. The van der Waals surface area contributed by atoms with Crippen molar-refractivity contribution in [3.63, 3.8) is 0 Å². The summed E-state index contributed by atoms with van der Waals surface area (Å²) in [6.45, 7) is 3.43. The molecule has 4 aromatic rings. The van der Waals surface area contributed by atoms with Crippen LogP contribution in [0.5, 0.6) is 0 Å². The molecule has 4 rings (SSSR count). The van der Waals surface area contributed by atoms with Gasteiger partial charge in [0.1, 0.15) is 34.7 Å². The summed E-state index contributed by atoms with van der Waals surface area (Å²) in [5.41, 5.74) is 3.16. The first-order valence-corrected chi connectivity index (χ1v) is 11.8. The van der Waals surface area contributed by atoms with E-state index in [4.69, 9.17) is 5.26 Å². The monoisotopic (exact) mass is 462 g/mol. The molecule has 0 saturated heterocycles. The zero-order valence-electron chi connectivity index (χ0n) is 18.3. The van der Waals surface area contributed by atoms with Crippen molar-refractivity contribution in [2.45, 2.75) is 13.8 Å². The number of nitrogens with one attached hydrogen (secondary N) is 3. The van der Waals surface area contributed by atoms with Gasteiger partial charge < -0.3 is 15.6 Å². The Morgan fingerprint density at radius 2 is 1.82 bits per heavy atom. The minimum atomic E-state index is -3.45. The number of nitrogens with zero attached hydrogens (tertiary/aromatic N) is 5. The van der Waals surface area contributed by atoms with Crippen LogP contribution in [0.2, 0.25) is 0 Å². The van der Waals surface area contributed by atoms with Crippen LogP contribution in [0.25, 0.3) is 11.2 Å². The van der Waals surface area contributed by atoms with Gasteiger partial charge in [0, 0.05) is 13.1 Å². The summed E-state index contributed by atoms with van der Waals surface area (Å²) < 4.78 is 26.2. The average molecular weight is 463 g/mol. The highest BCUT2D eigenvalue weighted by molar-refractivity contribution is 7.92. The first kappa shape index (κ1) is 22.0. The smallest absolute Gasteiger partial charge is 0.234 e. The number of hydrogen-bond acceptors (Lipinski definition) is 8. The summed E-state index contributed by atoms with van der Waals surface area (Å²) in [7, 11) is -1.92. The van der Waals surface area contributed by atoms with Crippen molar-refractivity contribution in [1.29, 1.82) is 5.26 Å². The lowest BCUT2D eigenvalue weighted by molar-refractivity contribution is 0.595. The van der Waals surface area contributed by atoms with E-state index in [0.717, 1.165) is 0 Å². The van der Waals surface area contributed by atoms with E-state index in [9.17, 15) is 8.42 Å². The first-order valence-electron chi connectivity index (χ1n) is 10.1. The number of rotatable bonds is 7. The minimum Gasteiger partial charge on any atom is -0.352 e. The number of H-pyrrole nitrogens is 1. The predicted molar refractivity (Wildman–Crippen MR) is 128 cm³/mol. The number of benzene rings is 1. The number of aromatic nitrogens is 4. The quantitative estimate of drug-likeness (QED) is 0.377. The molecular weight excluding hydrogens is 440 g/mol. The third-order valence-electron chi connectivity index (χ3n) is 4.99. The summed E-state index contributed by atoms with van der Waals surface area (Å²) in [4.78, 5) is 16.4. The van der Waals surface area contributed by atoms with Gasteiger partial charge in [0.15, 0.2) is 5.65 Å². The Labute approximate surface area is 191 Å². The summed E-state index contributed by atoms with van der Waals surface area (Å²) >= 11 is 0. The van der Waals surface area contributed by atoms with Crippen LogP contribution in [0.3, 0.4) is 0 Å². The lowest BCUT2D eigenvalue weighted by atomic mass is 10.2. The SMILES string of the molecule is CCS(=O)(=O)N(C)c1ccccc1Nc1cc(Nc2cccc(C#N)n2)nc2[nH]c(C)nc12. The predicted octanol–water partition coefficient (Wildman–Crippen LogP) is 3.81. The second-order valence-electron chi connectivity index (χ2n) is 7.23. The Hall–Kier alpha value is -4.17. The van der Waals surface area contributed by atoms with Gasteiger partial charge in [0.05, 0.1) is 22.8 Å². The van der Waals surface area contributed by atoms with Crippen molar-refractivity contribution in [3.8, 4) is 6.07 Å². The number of sulfonamides is 1. The molecule has 3 heterocycles. The molecular formula is C22H22N8O2S. The molecule has 33 heavy (non-hydrogen) atoms. The van der Waals surface area contributed by atoms with Crippen LogP contribution in [0.15, 0.2) is 48.5 Å². The largest absolute Gasteiger partial charge is 0.352 e. The van der Waals surface area contributed by atoms with Crippen molar-refractivity contribution in [2.75, 3.05) is 27.7 Å². The Bertz CT molecular complexity index is 1470. The normalized spacial score (nSPS) is 11.2. The van der Waals surface area contributed by atoms with Crippen molar-refractivity contribution < 1.29 is 8.42 Å². The molecule has 1 aromatic carbocycles. The molecule has 11 heteroatoms. The Kier molecular flexibility index (Phi) is 5.85. The maximum Gasteiger partial charge on any atom is 0.234 e. The van der Waals surface area contributed by atoms with Crippen LogP contribution in [0.4, 0.5) is 28.7 Å². The molecule has 0 aliphatic heterocycles. The molecule has 3 aromatic heterocycles. The second kappa shape index (κ2) is 8.76. The number of pyridine rings is 2. The molecule has 168 valence electrons. The van der Waals surface area contributed by atoms with Crippen molar-refractivity contribution in [1.82, 2.24) is 19.9 Å². The Balaban J connectivity index is 1.77. The molecule has 0 amide bonds. The topological polar surface area (TPSA) is 140 Å². The van der Waals surface area contributed by atoms with Crippen molar-refractivity contribution >= 4 is 49.9 Å². The zero-order chi connectivity index (χ0) is 23.6. The summed E-state index contributed by atoms with van der Waals surface area (Å²) in [6, 6.07) is 16.0. The van der Waals surface area contributed by atoms with E-state index in [1.807, 2.05) is 19.1 Å². The lowest BCUT2D eigenvalue weighted by Crippen LogP contribution is -2.28. The number of anilines is 5. The molecule has 3 N–H and O–H groups in total. The number of hydrogen-bond donors (Lipinski definition) is 3. The number of aromatic amines is 1. The van der Waals surface area contributed by atoms with E-state index in [-0.39, 0.29) is 11.4 Å². The van der Waals surface area contributed by atoms with Gasteiger partial charge in [-0.15, -0.1) is 0 Å². The van der Waals surface area contributed by atoms with Crippen molar-refractivity contribution in [2.24, 2.45) is 0 Å². The van der Waals surface area contributed by atoms with Gasteiger partial charge in [-0.25, -0.2) is 23.4 Å². The van der Waals surface area contributed by atoms with Gasteiger partial charge in [-0.1, -0.05) is 18.2 Å². The third kappa shape index (κ3) is 4.56. The van der Waals surface area contributed by atoms with Crippen molar-refractivity contribution in [3.05, 3.63) is 60.0 Å². The maximum absolute atomic E-state index is 12.5. The van der Waals surface area contributed by atoms with Crippen LogP contribution >= 0.6 is 0 Å². The fourth-order valence-electron chi connectivity index (χ4n) is 3.31. The van der Waals surface area contributed by atoms with E-state index in [1.165, 1.54) is 11.4 Å². The van der Waals surface area contributed by atoms with Crippen LogP contribution in [0.1, 0.15) is 18.4 Å². The van der Waals surface area contributed by atoms with Crippen LogP contribution in [-0.2, 0) is 10.0 Å². The van der Waals surface area contributed by atoms with Gasteiger partial charge >= 0.3 is 0 Å². The van der Waals surface area contributed by atoms with E-state index in [2.05, 4.69) is 30.6 Å². The fourth-order valence-corrected chi connectivity index (χ4v) is 4.15.